The summed E-state index contributed by atoms with van der Waals surface area (Å²) in [5.74, 6) is -5.26. The summed E-state index contributed by atoms with van der Waals surface area (Å²) in [6.07, 6.45) is -6.90. The zero-order valence-corrected chi connectivity index (χ0v) is 11.2. The molecule has 0 aliphatic carbocycles. The molecule has 10 heteroatoms. The van der Waals surface area contributed by atoms with E-state index in [4.69, 9.17) is 25.4 Å². The number of aliphatic hydroxyl groups is 4. The second kappa shape index (κ2) is 6.64. The van der Waals surface area contributed by atoms with E-state index < -0.39 is 61.2 Å². The first kappa shape index (κ1) is 17.8. The van der Waals surface area contributed by atoms with Crippen LogP contribution in [0.5, 0.6) is 0 Å². The van der Waals surface area contributed by atoms with Crippen LogP contribution in [0.25, 0.3) is 0 Å². The van der Waals surface area contributed by atoms with E-state index >= 15 is 0 Å². The molecule has 10 nitrogen and oxygen atoms in total. The normalized spacial score (nSPS) is 35.8. The molecule has 1 rings (SSSR count). The number of rotatable bonds is 5. The van der Waals surface area contributed by atoms with E-state index in [0.29, 0.717) is 0 Å². The van der Waals surface area contributed by atoms with Gasteiger partial charge in [-0.05, 0) is 0 Å². The van der Waals surface area contributed by atoms with Gasteiger partial charge < -0.3 is 40.7 Å². The Balaban J connectivity index is 3.05. The number of esters is 1. The van der Waals surface area contributed by atoms with Crippen molar-refractivity contribution in [3.8, 4) is 0 Å². The summed E-state index contributed by atoms with van der Waals surface area (Å²) in [4.78, 5) is 22.1. The summed E-state index contributed by atoms with van der Waals surface area (Å²) in [7, 11) is 0. The molecule has 0 radical (unpaired) electrons. The Morgan fingerprint density at radius 2 is 2.05 bits per heavy atom. The van der Waals surface area contributed by atoms with E-state index in [2.05, 4.69) is 0 Å². The lowest BCUT2D eigenvalue weighted by Crippen LogP contribution is -2.66. The summed E-state index contributed by atoms with van der Waals surface area (Å²) in [6, 6.07) is -1.20. The van der Waals surface area contributed by atoms with Gasteiger partial charge in [-0.15, -0.1) is 0 Å². The Kier molecular flexibility index (Phi) is 5.61. The fourth-order valence-electron chi connectivity index (χ4n) is 2.07. The summed E-state index contributed by atoms with van der Waals surface area (Å²) < 4.78 is 9.68. The number of carbonyl (C=O) groups excluding carboxylic acids is 1. The van der Waals surface area contributed by atoms with Crippen LogP contribution in [0, 0.1) is 0 Å². The summed E-state index contributed by atoms with van der Waals surface area (Å²) in [6.45, 7) is 0.230. The first-order valence-corrected chi connectivity index (χ1v) is 6.15. The van der Waals surface area contributed by atoms with E-state index in [1.165, 1.54) is 0 Å². The second-order valence-corrected chi connectivity index (χ2v) is 4.84. The molecule has 122 valence electrons. The van der Waals surface area contributed by atoms with Gasteiger partial charge in [0.05, 0.1) is 19.1 Å². The van der Waals surface area contributed by atoms with Gasteiger partial charge in [0.1, 0.15) is 24.4 Å². The van der Waals surface area contributed by atoms with Crippen molar-refractivity contribution in [3.05, 3.63) is 0 Å². The van der Waals surface area contributed by atoms with E-state index in [-0.39, 0.29) is 0 Å². The van der Waals surface area contributed by atoms with Crippen molar-refractivity contribution in [2.75, 3.05) is 6.61 Å². The number of hydrogen-bond acceptors (Lipinski definition) is 9. The summed E-state index contributed by atoms with van der Waals surface area (Å²) in [5.41, 5.74) is 5.73. The van der Waals surface area contributed by atoms with E-state index in [1.807, 2.05) is 0 Å². The van der Waals surface area contributed by atoms with Crippen molar-refractivity contribution < 1.29 is 44.6 Å². The van der Waals surface area contributed by atoms with Crippen LogP contribution >= 0.6 is 0 Å². The monoisotopic (exact) mass is 309 g/mol. The van der Waals surface area contributed by atoms with Gasteiger partial charge in [0.25, 0.3) is 5.79 Å². The minimum atomic E-state index is -2.74. The molecular weight excluding hydrogens is 290 g/mol. The number of ether oxygens (including phenoxy) is 2. The Bertz CT molecular complexity index is 403. The minimum Gasteiger partial charge on any atom is -0.477 e. The number of carbonyl (C=O) groups is 2. The van der Waals surface area contributed by atoms with E-state index in [0.717, 1.165) is 6.92 Å². The molecule has 0 bridgehead atoms. The molecular formula is C11H19NO9. The SMILES string of the molecule is CC(=O)O[C@H]1CC(O)(C(=O)O)O[C@@H]([C@H](O)[C@H](O)CO)[C@@H]1N. The van der Waals surface area contributed by atoms with Crippen LogP contribution in [0.2, 0.25) is 0 Å². The van der Waals surface area contributed by atoms with E-state index in [9.17, 15) is 24.9 Å². The van der Waals surface area contributed by atoms with Gasteiger partial charge in [-0.25, -0.2) is 4.79 Å². The van der Waals surface area contributed by atoms with Gasteiger partial charge in [-0.3, -0.25) is 4.79 Å². The Labute approximate surface area is 119 Å². The van der Waals surface area contributed by atoms with Gasteiger partial charge in [-0.2, -0.15) is 0 Å². The number of hydrogen-bond donors (Lipinski definition) is 6. The van der Waals surface area contributed by atoms with Crippen LogP contribution in [-0.2, 0) is 19.1 Å². The zero-order chi connectivity index (χ0) is 16.4. The third kappa shape index (κ3) is 3.87. The lowest BCUT2D eigenvalue weighted by Gasteiger charge is -2.44. The standard InChI is InChI=1S/C11H19NO9/c1-4(14)20-6-2-11(19,10(17)18)21-9(7(6)12)8(16)5(15)3-13/h5-9,13,15-16,19H,2-3,12H2,1H3,(H,17,18)/t5-,6+,7-,8-,9-,11?/m1/s1. The lowest BCUT2D eigenvalue weighted by molar-refractivity contribution is -0.294. The highest BCUT2D eigenvalue weighted by molar-refractivity contribution is 5.75. The van der Waals surface area contributed by atoms with Crippen LogP contribution in [0.4, 0.5) is 0 Å². The minimum absolute atomic E-state index is 0.637. The molecule has 0 saturated carbocycles. The number of aliphatic carboxylic acids is 1. The quantitative estimate of drug-likeness (QED) is 0.279. The number of carboxylic acid groups (broad SMARTS) is 1. The predicted molar refractivity (Wildman–Crippen MR) is 64.7 cm³/mol. The molecule has 0 aromatic heterocycles. The summed E-state index contributed by atoms with van der Waals surface area (Å²) in [5, 5.41) is 46.9. The van der Waals surface area contributed by atoms with Crippen molar-refractivity contribution >= 4 is 11.9 Å². The van der Waals surface area contributed by atoms with Crippen LogP contribution in [0.3, 0.4) is 0 Å². The van der Waals surface area contributed by atoms with Crippen molar-refractivity contribution in [2.24, 2.45) is 5.73 Å². The molecule has 1 saturated heterocycles. The highest BCUT2D eigenvalue weighted by Crippen LogP contribution is 2.31. The predicted octanol–water partition coefficient (Wildman–Crippen LogP) is -3.48. The molecule has 6 atom stereocenters. The second-order valence-electron chi connectivity index (χ2n) is 4.84. The lowest BCUT2D eigenvalue weighted by atomic mass is 9.89. The van der Waals surface area contributed by atoms with Crippen molar-refractivity contribution in [3.63, 3.8) is 0 Å². The van der Waals surface area contributed by atoms with E-state index in [1.54, 1.807) is 0 Å². The smallest absolute Gasteiger partial charge is 0.364 e. The zero-order valence-electron chi connectivity index (χ0n) is 11.2. The Morgan fingerprint density at radius 3 is 2.48 bits per heavy atom. The molecule has 1 aliphatic rings. The molecule has 1 fully saturated rings. The van der Waals surface area contributed by atoms with Crippen LogP contribution in [0.1, 0.15) is 13.3 Å². The number of carboxylic acids is 1. The van der Waals surface area contributed by atoms with Gasteiger partial charge in [0.2, 0.25) is 0 Å². The maximum Gasteiger partial charge on any atom is 0.364 e. The van der Waals surface area contributed by atoms with Crippen molar-refractivity contribution in [1.82, 2.24) is 0 Å². The first-order valence-electron chi connectivity index (χ1n) is 6.15. The molecule has 0 aromatic carbocycles. The Hall–Kier alpha value is -1.30. The van der Waals surface area contributed by atoms with Gasteiger partial charge >= 0.3 is 11.9 Å². The highest BCUT2D eigenvalue weighted by Gasteiger charge is 2.54. The molecule has 1 unspecified atom stereocenters. The average molecular weight is 309 g/mol. The largest absolute Gasteiger partial charge is 0.477 e. The number of aliphatic hydroxyl groups excluding tert-OH is 3. The average Bonchev–Trinajstić information content (AvgIpc) is 2.40. The van der Waals surface area contributed by atoms with Gasteiger partial charge in [-0.1, -0.05) is 0 Å². The maximum absolute atomic E-state index is 11.1. The van der Waals surface area contributed by atoms with Crippen molar-refractivity contribution in [1.29, 1.82) is 0 Å². The molecule has 0 amide bonds. The third-order valence-corrected chi connectivity index (χ3v) is 3.19. The highest BCUT2D eigenvalue weighted by atomic mass is 16.7. The van der Waals surface area contributed by atoms with Gasteiger partial charge in [0.15, 0.2) is 0 Å². The number of nitrogens with two attached hydrogens (primary N) is 1. The Morgan fingerprint density at radius 1 is 1.48 bits per heavy atom. The molecule has 21 heavy (non-hydrogen) atoms. The molecule has 0 aromatic rings. The first-order chi connectivity index (χ1) is 9.62. The fourth-order valence-corrected chi connectivity index (χ4v) is 2.07. The van der Waals surface area contributed by atoms with Crippen LogP contribution < -0.4 is 5.73 Å². The molecule has 1 heterocycles. The molecule has 0 spiro atoms. The molecule has 7 N–H and O–H groups in total. The van der Waals surface area contributed by atoms with Gasteiger partial charge in [0, 0.05) is 6.92 Å². The topological polar surface area (TPSA) is 180 Å². The fraction of sp³-hybridized carbons (Fsp3) is 0.818. The van der Waals surface area contributed by atoms with Crippen LogP contribution in [0.15, 0.2) is 0 Å². The summed E-state index contributed by atoms with van der Waals surface area (Å²) >= 11 is 0. The van der Waals surface area contributed by atoms with Crippen LogP contribution in [-0.4, -0.2) is 80.3 Å². The third-order valence-electron chi connectivity index (χ3n) is 3.19. The molecule has 1 aliphatic heterocycles. The van der Waals surface area contributed by atoms with Crippen molar-refractivity contribution in [2.45, 2.75) is 49.6 Å². The maximum atomic E-state index is 11.1.